The molecule has 0 fully saturated rings. The molecule has 4 heteroatoms. The third-order valence-electron chi connectivity index (χ3n) is 3.49. The van der Waals surface area contributed by atoms with Crippen molar-refractivity contribution in [3.63, 3.8) is 0 Å². The molecule has 0 saturated carbocycles. The number of allylic oxidation sites excluding steroid dienone is 1. The molecule has 0 heterocycles. The highest BCUT2D eigenvalue weighted by molar-refractivity contribution is 6.60. The highest BCUT2D eigenvalue weighted by Crippen LogP contribution is 2.29. The molecule has 1 rings (SSSR count). The first-order chi connectivity index (χ1) is 10.6. The third kappa shape index (κ3) is 5.69. The zero-order valence-corrected chi connectivity index (χ0v) is 15.6. The van der Waals surface area contributed by atoms with Crippen molar-refractivity contribution in [1.29, 1.82) is 0 Å². The van der Waals surface area contributed by atoms with Gasteiger partial charge in [-0.1, -0.05) is 43.3 Å². The Balaban J connectivity index is 2.93. The zero-order chi connectivity index (χ0) is 16.4. The molecule has 0 aliphatic rings. The molecule has 22 heavy (non-hydrogen) atoms. The highest BCUT2D eigenvalue weighted by atomic mass is 28.4. The van der Waals surface area contributed by atoms with E-state index in [0.29, 0.717) is 25.7 Å². The summed E-state index contributed by atoms with van der Waals surface area (Å²) in [5, 5.41) is 0. The minimum Gasteiger partial charge on any atom is -0.374 e. The Kier molecular flexibility index (Phi) is 8.64. The maximum atomic E-state index is 5.96. The van der Waals surface area contributed by atoms with Crippen molar-refractivity contribution in [2.75, 3.05) is 19.8 Å². The lowest BCUT2D eigenvalue weighted by Gasteiger charge is -2.30. The summed E-state index contributed by atoms with van der Waals surface area (Å²) in [6.45, 7) is 12.1. The number of rotatable bonds is 10. The lowest BCUT2D eigenvalue weighted by atomic mass is 10.0. The van der Waals surface area contributed by atoms with E-state index in [9.17, 15) is 0 Å². The molecular weight excluding hydrogens is 292 g/mol. The van der Waals surface area contributed by atoms with Gasteiger partial charge in [0.25, 0.3) is 0 Å². The van der Waals surface area contributed by atoms with Crippen LogP contribution in [0.1, 0.15) is 51.7 Å². The Morgan fingerprint density at radius 3 is 2.14 bits per heavy atom. The molecule has 0 radical (unpaired) electrons. The Bertz CT molecular complexity index is 442. The van der Waals surface area contributed by atoms with Crippen LogP contribution in [-0.2, 0) is 13.3 Å². The zero-order valence-electron chi connectivity index (χ0n) is 14.6. The summed E-state index contributed by atoms with van der Waals surface area (Å²) in [6, 6.07) is 9.43. The molecule has 0 bridgehead atoms. The maximum absolute atomic E-state index is 5.96. The monoisotopic (exact) mass is 322 g/mol. The van der Waals surface area contributed by atoms with E-state index in [1.807, 2.05) is 27.7 Å². The first-order valence-electron chi connectivity index (χ1n) is 8.25. The van der Waals surface area contributed by atoms with Crippen LogP contribution in [-0.4, -0.2) is 28.6 Å². The van der Waals surface area contributed by atoms with Crippen LogP contribution in [0.2, 0.25) is 6.04 Å². The van der Waals surface area contributed by atoms with Crippen LogP contribution in [0.25, 0.3) is 6.08 Å². The van der Waals surface area contributed by atoms with Gasteiger partial charge in [-0.2, -0.15) is 0 Å². The largest absolute Gasteiger partial charge is 0.501 e. The van der Waals surface area contributed by atoms with E-state index in [0.717, 1.165) is 6.04 Å². The van der Waals surface area contributed by atoms with Crippen molar-refractivity contribution in [3.05, 3.63) is 41.5 Å². The Morgan fingerprint density at radius 2 is 1.64 bits per heavy atom. The fourth-order valence-corrected chi connectivity index (χ4v) is 5.52. The van der Waals surface area contributed by atoms with Crippen LogP contribution >= 0.6 is 0 Å². The highest BCUT2D eigenvalue weighted by Gasteiger charge is 2.42. The van der Waals surface area contributed by atoms with E-state index in [1.165, 1.54) is 11.1 Å². The van der Waals surface area contributed by atoms with Crippen LogP contribution in [0.3, 0.4) is 0 Å². The van der Waals surface area contributed by atoms with Crippen LogP contribution in [0, 0.1) is 0 Å². The first-order valence-corrected chi connectivity index (χ1v) is 10.2. The SMILES string of the molecule is CC=Cc1cccc(C(C)C[Si](OCC)(OCC)OCC)c1. The Hall–Kier alpha value is -0.943. The molecule has 1 aromatic carbocycles. The van der Waals surface area contributed by atoms with Crippen molar-refractivity contribution in [1.82, 2.24) is 0 Å². The van der Waals surface area contributed by atoms with Crippen LogP contribution < -0.4 is 0 Å². The fraction of sp³-hybridized carbons (Fsp3) is 0.556. The maximum Gasteiger partial charge on any atom is 0.501 e. The molecule has 0 saturated heterocycles. The van der Waals surface area contributed by atoms with E-state index >= 15 is 0 Å². The first kappa shape index (κ1) is 19.1. The van der Waals surface area contributed by atoms with Gasteiger partial charge < -0.3 is 13.3 Å². The number of benzene rings is 1. The molecular formula is C18H30O3Si. The summed E-state index contributed by atoms with van der Waals surface area (Å²) in [5.41, 5.74) is 2.52. The molecule has 1 atom stereocenters. The van der Waals surface area contributed by atoms with Gasteiger partial charge in [-0.05, 0) is 44.7 Å². The second kappa shape index (κ2) is 9.95. The summed E-state index contributed by atoms with van der Waals surface area (Å²) < 4.78 is 17.9. The van der Waals surface area contributed by atoms with Gasteiger partial charge in [0.15, 0.2) is 0 Å². The fourth-order valence-electron chi connectivity index (χ4n) is 2.62. The predicted molar refractivity (Wildman–Crippen MR) is 95.0 cm³/mol. The van der Waals surface area contributed by atoms with Crippen molar-refractivity contribution < 1.29 is 13.3 Å². The van der Waals surface area contributed by atoms with Gasteiger partial charge in [0, 0.05) is 25.9 Å². The van der Waals surface area contributed by atoms with E-state index < -0.39 is 8.80 Å². The van der Waals surface area contributed by atoms with Gasteiger partial charge in [0.2, 0.25) is 0 Å². The second-order valence-corrected chi connectivity index (χ2v) is 7.90. The molecule has 3 nitrogen and oxygen atoms in total. The van der Waals surface area contributed by atoms with Crippen molar-refractivity contribution >= 4 is 14.9 Å². The third-order valence-corrected chi connectivity index (χ3v) is 6.79. The van der Waals surface area contributed by atoms with E-state index in [1.54, 1.807) is 0 Å². The smallest absolute Gasteiger partial charge is 0.374 e. The molecule has 1 unspecified atom stereocenters. The summed E-state index contributed by atoms with van der Waals surface area (Å²) in [5.74, 6) is 0.335. The molecule has 0 amide bonds. The number of hydrogen-bond acceptors (Lipinski definition) is 3. The van der Waals surface area contributed by atoms with Crippen LogP contribution in [0.15, 0.2) is 30.3 Å². The van der Waals surface area contributed by atoms with E-state index in [4.69, 9.17) is 13.3 Å². The lowest BCUT2D eigenvalue weighted by Crippen LogP contribution is -2.46. The van der Waals surface area contributed by atoms with Gasteiger partial charge in [-0.25, -0.2) is 0 Å². The van der Waals surface area contributed by atoms with E-state index in [-0.39, 0.29) is 0 Å². The van der Waals surface area contributed by atoms with Crippen molar-refractivity contribution in [3.8, 4) is 0 Å². The van der Waals surface area contributed by atoms with E-state index in [2.05, 4.69) is 43.3 Å². The van der Waals surface area contributed by atoms with Gasteiger partial charge in [-0.3, -0.25) is 0 Å². The molecule has 0 aliphatic carbocycles. The molecule has 1 aromatic rings. The van der Waals surface area contributed by atoms with Crippen LogP contribution in [0.5, 0.6) is 0 Å². The minimum absolute atomic E-state index is 0.335. The van der Waals surface area contributed by atoms with Crippen LogP contribution in [0.4, 0.5) is 0 Å². The summed E-state index contributed by atoms with van der Waals surface area (Å²) in [6.07, 6.45) is 4.18. The van der Waals surface area contributed by atoms with Gasteiger partial charge in [-0.15, -0.1) is 0 Å². The number of hydrogen-bond donors (Lipinski definition) is 0. The molecule has 124 valence electrons. The van der Waals surface area contributed by atoms with Gasteiger partial charge >= 0.3 is 8.80 Å². The summed E-state index contributed by atoms with van der Waals surface area (Å²) >= 11 is 0. The standard InChI is InChI=1S/C18H30O3Si/c1-6-11-17-12-10-13-18(14-17)16(5)15-22(19-7-2,20-8-3)21-9-4/h6,10-14,16H,7-9,15H2,1-5H3. The van der Waals surface area contributed by atoms with Gasteiger partial charge in [0.05, 0.1) is 0 Å². The Morgan fingerprint density at radius 1 is 1.05 bits per heavy atom. The molecule has 0 aliphatic heterocycles. The topological polar surface area (TPSA) is 27.7 Å². The van der Waals surface area contributed by atoms with Gasteiger partial charge in [0.1, 0.15) is 0 Å². The minimum atomic E-state index is -2.60. The molecule has 0 N–H and O–H groups in total. The average molecular weight is 323 g/mol. The second-order valence-electron chi connectivity index (χ2n) is 5.26. The summed E-state index contributed by atoms with van der Waals surface area (Å²) in [4.78, 5) is 0. The molecule has 0 spiro atoms. The Labute approximate surface area is 136 Å². The normalized spacial score (nSPS) is 13.7. The lowest BCUT2D eigenvalue weighted by molar-refractivity contribution is 0.0699. The average Bonchev–Trinajstić information content (AvgIpc) is 2.48. The quantitative estimate of drug-likeness (QED) is 0.575. The molecule has 0 aromatic heterocycles. The van der Waals surface area contributed by atoms with Crippen molar-refractivity contribution in [2.24, 2.45) is 0 Å². The predicted octanol–water partition coefficient (Wildman–Crippen LogP) is 4.87. The van der Waals surface area contributed by atoms with Crippen molar-refractivity contribution in [2.45, 2.75) is 46.6 Å². The summed E-state index contributed by atoms with van der Waals surface area (Å²) in [7, 11) is -2.60.